The van der Waals surface area contributed by atoms with Crippen LogP contribution in [-0.2, 0) is 11.2 Å². The Kier molecular flexibility index (Phi) is 5.48. The maximum Gasteiger partial charge on any atom is 0.226 e. The van der Waals surface area contributed by atoms with Crippen LogP contribution in [0, 0.1) is 30.1 Å². The van der Waals surface area contributed by atoms with Crippen molar-refractivity contribution in [1.29, 1.82) is 0 Å². The number of benzene rings is 1. The lowest BCUT2D eigenvalue weighted by Crippen LogP contribution is -2.44. The second-order valence-corrected chi connectivity index (χ2v) is 11.3. The average Bonchev–Trinajstić information content (AvgIpc) is 3.31. The van der Waals surface area contributed by atoms with Crippen LogP contribution >= 0.6 is 11.3 Å². The molecule has 0 bridgehead atoms. The number of oxime groups is 1. The minimum atomic E-state index is -0.0993. The Labute approximate surface area is 192 Å². The van der Waals surface area contributed by atoms with Crippen molar-refractivity contribution in [1.82, 2.24) is 4.98 Å². The molecule has 32 heavy (non-hydrogen) atoms. The van der Waals surface area contributed by atoms with Crippen molar-refractivity contribution >= 4 is 28.1 Å². The van der Waals surface area contributed by atoms with Crippen molar-refractivity contribution in [3.05, 3.63) is 40.4 Å². The second kappa shape index (κ2) is 8.18. The number of hydrogen-bond donors (Lipinski definition) is 3. The molecule has 1 aromatic heterocycles. The molecular weight excluding hydrogens is 422 g/mol. The maximum atomic E-state index is 12.6. The zero-order valence-corrected chi connectivity index (χ0v) is 19.5. The van der Waals surface area contributed by atoms with Crippen molar-refractivity contribution in [3.8, 4) is 5.75 Å². The molecule has 3 aliphatic rings. The lowest BCUT2D eigenvalue weighted by molar-refractivity contribution is -0.116. The predicted octanol–water partition coefficient (Wildman–Crippen LogP) is 5.49. The van der Waals surface area contributed by atoms with Crippen LogP contribution in [0.25, 0.3) is 0 Å². The molecular formula is C25H31N3O3S. The largest absolute Gasteiger partial charge is 0.508 e. The molecule has 6 nitrogen and oxygen atoms in total. The number of phenols is 1. The van der Waals surface area contributed by atoms with Gasteiger partial charge in [-0.1, -0.05) is 18.1 Å². The highest BCUT2D eigenvalue weighted by Gasteiger charge is 2.57. The zero-order chi connectivity index (χ0) is 22.5. The molecule has 1 amide bonds. The highest BCUT2D eigenvalue weighted by atomic mass is 32.1. The summed E-state index contributed by atoms with van der Waals surface area (Å²) >= 11 is 1.49. The van der Waals surface area contributed by atoms with Crippen molar-refractivity contribution in [2.75, 3.05) is 5.32 Å². The summed E-state index contributed by atoms with van der Waals surface area (Å²) in [5.74, 6) is 2.08. The van der Waals surface area contributed by atoms with Gasteiger partial charge in [-0.3, -0.25) is 4.79 Å². The van der Waals surface area contributed by atoms with Gasteiger partial charge in [0.25, 0.3) is 0 Å². The molecule has 3 N–H and O–H groups in total. The van der Waals surface area contributed by atoms with Gasteiger partial charge < -0.3 is 15.6 Å². The van der Waals surface area contributed by atoms with Crippen LogP contribution in [0.3, 0.4) is 0 Å². The molecule has 170 valence electrons. The quantitative estimate of drug-likeness (QED) is 0.421. The Hall–Kier alpha value is -2.41. The second-order valence-electron chi connectivity index (χ2n) is 10.0. The van der Waals surface area contributed by atoms with E-state index in [0.29, 0.717) is 41.0 Å². The number of aromatic hydroxyl groups is 1. The van der Waals surface area contributed by atoms with E-state index >= 15 is 0 Å². The third-order valence-electron chi connectivity index (χ3n) is 8.31. The van der Waals surface area contributed by atoms with Crippen LogP contribution in [0.4, 0.5) is 5.13 Å². The molecule has 7 heteroatoms. The molecule has 0 aliphatic heterocycles. The number of fused-ring (bicyclic) bond motifs is 5. The number of nitrogens with zero attached hydrogens (tertiary/aromatic N) is 2. The fourth-order valence-electron chi connectivity index (χ4n) is 6.98. The summed E-state index contributed by atoms with van der Waals surface area (Å²) in [4.78, 5) is 17.9. The first-order chi connectivity index (χ1) is 15.4. The van der Waals surface area contributed by atoms with Gasteiger partial charge in [-0.2, -0.15) is 0 Å². The highest BCUT2D eigenvalue weighted by molar-refractivity contribution is 7.15. The number of carbonyl (C=O) groups excluding carboxylic acids is 1. The minimum absolute atomic E-state index is 0.00673. The lowest BCUT2D eigenvalue weighted by Gasteiger charge is -2.50. The summed E-state index contributed by atoms with van der Waals surface area (Å²) in [6.45, 7) is 4.25. The van der Waals surface area contributed by atoms with E-state index in [-0.39, 0.29) is 11.3 Å². The minimum Gasteiger partial charge on any atom is -0.508 e. The highest BCUT2D eigenvalue weighted by Crippen LogP contribution is 2.62. The molecule has 5 rings (SSSR count). The molecule has 5 unspecified atom stereocenters. The summed E-state index contributed by atoms with van der Waals surface area (Å²) in [6, 6.07) is 5.85. The van der Waals surface area contributed by atoms with Crippen molar-refractivity contribution in [2.24, 2.45) is 28.3 Å². The molecule has 2 aromatic rings. The summed E-state index contributed by atoms with van der Waals surface area (Å²) in [5.41, 5.74) is 3.47. The number of rotatable bonds is 4. The number of hydrogen-bond acceptors (Lipinski definition) is 6. The monoisotopic (exact) mass is 453 g/mol. The van der Waals surface area contributed by atoms with E-state index in [9.17, 15) is 15.1 Å². The van der Waals surface area contributed by atoms with Gasteiger partial charge in [-0.15, -0.1) is 11.3 Å². The third kappa shape index (κ3) is 3.60. The molecule has 1 heterocycles. The van der Waals surface area contributed by atoms with Crippen LogP contribution < -0.4 is 5.32 Å². The number of carbonyl (C=O) groups is 1. The fraction of sp³-hybridized carbons (Fsp3) is 0.560. The number of amides is 1. The van der Waals surface area contributed by atoms with Crippen LogP contribution in [0.1, 0.15) is 67.4 Å². The van der Waals surface area contributed by atoms with E-state index in [1.54, 1.807) is 6.20 Å². The Morgan fingerprint density at radius 3 is 2.97 bits per heavy atom. The zero-order valence-electron chi connectivity index (χ0n) is 18.7. The third-order valence-corrected chi connectivity index (χ3v) is 9.14. The Morgan fingerprint density at radius 1 is 1.38 bits per heavy atom. The average molecular weight is 454 g/mol. The van der Waals surface area contributed by atoms with Gasteiger partial charge in [-0.25, -0.2) is 4.98 Å². The van der Waals surface area contributed by atoms with Gasteiger partial charge in [-0.05, 0) is 92.4 Å². The van der Waals surface area contributed by atoms with E-state index < -0.39 is 0 Å². The number of anilines is 1. The standard InChI is InChI=1S/C25H31N3O3S/c1-14-13-26-24(32-14)27-22(30)8-4-16-12-21(28-31)25(2)10-9-19-18-7-5-17(29)11-15(18)3-6-20(19)23(16)25/h5,7,11,13,16,19-20,23,29,31H,3-4,6,8-10,12H2,1-2H3,(H,26,27,30)/b28-21+. The van der Waals surface area contributed by atoms with E-state index in [1.807, 2.05) is 19.1 Å². The normalized spacial score (nSPS) is 32.2. The van der Waals surface area contributed by atoms with Crippen molar-refractivity contribution < 1.29 is 15.1 Å². The van der Waals surface area contributed by atoms with E-state index in [1.165, 1.54) is 22.5 Å². The van der Waals surface area contributed by atoms with Crippen LogP contribution in [0.2, 0.25) is 0 Å². The molecule has 0 radical (unpaired) electrons. The number of nitrogens with one attached hydrogen (secondary N) is 1. The molecule has 0 spiro atoms. The van der Waals surface area contributed by atoms with Gasteiger partial charge >= 0.3 is 0 Å². The van der Waals surface area contributed by atoms with Crippen LogP contribution in [0.15, 0.2) is 29.6 Å². The Morgan fingerprint density at radius 2 is 2.22 bits per heavy atom. The number of aryl methyl sites for hydroxylation is 2. The Bertz CT molecular complexity index is 1060. The molecule has 2 saturated carbocycles. The fourth-order valence-corrected chi connectivity index (χ4v) is 7.66. The van der Waals surface area contributed by atoms with Crippen LogP contribution in [-0.4, -0.2) is 26.9 Å². The molecule has 1 aromatic carbocycles. The summed E-state index contributed by atoms with van der Waals surface area (Å²) in [7, 11) is 0. The smallest absolute Gasteiger partial charge is 0.226 e. The molecule has 0 saturated heterocycles. The van der Waals surface area contributed by atoms with Crippen molar-refractivity contribution in [2.45, 2.75) is 64.7 Å². The topological polar surface area (TPSA) is 94.8 Å². The van der Waals surface area contributed by atoms with Crippen LogP contribution in [0.5, 0.6) is 5.75 Å². The first-order valence-corrected chi connectivity index (χ1v) is 12.5. The first-order valence-electron chi connectivity index (χ1n) is 11.6. The van der Waals surface area contributed by atoms with E-state index in [2.05, 4.69) is 28.4 Å². The number of thiazole rings is 1. The first kappa shape index (κ1) is 21.4. The summed E-state index contributed by atoms with van der Waals surface area (Å²) in [6.07, 6.45) is 7.92. The van der Waals surface area contributed by atoms with E-state index in [0.717, 1.165) is 49.1 Å². The van der Waals surface area contributed by atoms with Gasteiger partial charge in [0.05, 0.1) is 5.71 Å². The van der Waals surface area contributed by atoms with E-state index in [4.69, 9.17) is 0 Å². The summed E-state index contributed by atoms with van der Waals surface area (Å²) in [5, 5.41) is 27.1. The van der Waals surface area contributed by atoms with Crippen molar-refractivity contribution in [3.63, 3.8) is 0 Å². The number of aromatic nitrogens is 1. The number of phenolic OH excluding ortho intramolecular Hbond substituents is 1. The van der Waals surface area contributed by atoms with Gasteiger partial charge in [0.2, 0.25) is 5.91 Å². The predicted molar refractivity (Wildman–Crippen MR) is 126 cm³/mol. The maximum absolute atomic E-state index is 12.6. The van der Waals surface area contributed by atoms with Gasteiger partial charge in [0.1, 0.15) is 5.75 Å². The SMILES string of the molecule is Cc1cnc(NC(=O)CCC2C/C(=N\O)C3(C)CCC4c5ccc(O)cc5CCC4C23)s1. The Balaban J connectivity index is 1.36. The molecule has 3 aliphatic carbocycles. The summed E-state index contributed by atoms with van der Waals surface area (Å²) < 4.78 is 0. The van der Waals surface area contributed by atoms with Gasteiger partial charge in [0.15, 0.2) is 5.13 Å². The molecule has 5 atom stereocenters. The molecule has 2 fully saturated rings. The van der Waals surface area contributed by atoms with Gasteiger partial charge in [0, 0.05) is 22.9 Å². The lowest BCUT2D eigenvalue weighted by atomic mass is 9.54.